The van der Waals surface area contributed by atoms with Crippen molar-refractivity contribution in [2.24, 2.45) is 0 Å². The van der Waals surface area contributed by atoms with Gasteiger partial charge < -0.3 is 4.90 Å². The molecule has 0 saturated carbocycles. The molecule has 0 spiro atoms. The fraction of sp³-hybridized carbons (Fsp3) is 0.364. The molecule has 0 aromatic heterocycles. The zero-order valence-electron chi connectivity index (χ0n) is 9.64. The lowest BCUT2D eigenvalue weighted by Crippen LogP contribution is -2.30. The molecule has 1 amide bonds. The second kappa shape index (κ2) is 5.63. The van der Waals surface area contributed by atoms with Crippen molar-refractivity contribution < 1.29 is 9.72 Å². The predicted molar refractivity (Wildman–Crippen MR) is 65.4 cm³/mol. The van der Waals surface area contributed by atoms with Gasteiger partial charge in [-0.05, 0) is 26.0 Å². The quantitative estimate of drug-likeness (QED) is 0.615. The zero-order chi connectivity index (χ0) is 13.0. The molecule has 0 aliphatic heterocycles. The first kappa shape index (κ1) is 13.4. The first-order valence-corrected chi connectivity index (χ1v) is 5.62. The summed E-state index contributed by atoms with van der Waals surface area (Å²) in [5.74, 6) is -0.349. The van der Waals surface area contributed by atoms with Crippen LogP contribution < -0.4 is 0 Å². The van der Waals surface area contributed by atoms with E-state index in [1.165, 1.54) is 23.1 Å². The summed E-state index contributed by atoms with van der Waals surface area (Å²) < 4.78 is 0. The minimum atomic E-state index is -0.595. The molecule has 17 heavy (non-hydrogen) atoms. The van der Waals surface area contributed by atoms with E-state index in [2.05, 4.69) is 0 Å². The molecule has 0 bridgehead atoms. The fourth-order valence-electron chi connectivity index (χ4n) is 1.52. The average molecular weight is 257 g/mol. The third-order valence-corrected chi connectivity index (χ3v) is 2.67. The Morgan fingerprint density at radius 3 is 2.47 bits per heavy atom. The number of nitrogens with zero attached hydrogens (tertiary/aromatic N) is 2. The van der Waals surface area contributed by atoms with Crippen molar-refractivity contribution in [2.75, 3.05) is 13.1 Å². The van der Waals surface area contributed by atoms with Crippen LogP contribution in [0.2, 0.25) is 5.02 Å². The predicted octanol–water partition coefficient (Wildman–Crippen LogP) is 2.73. The second-order valence-corrected chi connectivity index (χ2v) is 3.83. The molecular formula is C11H13ClN2O3. The molecule has 0 atom stereocenters. The maximum atomic E-state index is 12.0. The molecule has 0 N–H and O–H groups in total. The van der Waals surface area contributed by atoms with Gasteiger partial charge in [0.25, 0.3) is 11.6 Å². The second-order valence-electron chi connectivity index (χ2n) is 3.40. The third-order valence-electron chi connectivity index (χ3n) is 2.44. The van der Waals surface area contributed by atoms with E-state index in [1.54, 1.807) is 0 Å². The van der Waals surface area contributed by atoms with Crippen LogP contribution in [0.1, 0.15) is 24.2 Å². The average Bonchev–Trinajstić information content (AvgIpc) is 2.30. The van der Waals surface area contributed by atoms with Gasteiger partial charge >= 0.3 is 0 Å². The van der Waals surface area contributed by atoms with E-state index in [9.17, 15) is 14.9 Å². The molecule has 0 aliphatic rings. The van der Waals surface area contributed by atoms with Crippen LogP contribution in [-0.4, -0.2) is 28.8 Å². The Labute approximate surface area is 104 Å². The Kier molecular flexibility index (Phi) is 4.45. The Morgan fingerprint density at radius 2 is 2.00 bits per heavy atom. The van der Waals surface area contributed by atoms with Gasteiger partial charge in [-0.15, -0.1) is 0 Å². The Morgan fingerprint density at radius 1 is 1.41 bits per heavy atom. The minimum Gasteiger partial charge on any atom is -0.339 e. The standard InChI is InChI=1S/C11H13ClN2O3/c1-3-13(4-2)11(15)9-6-5-8(12)7-10(9)14(16)17/h5-7H,3-4H2,1-2H3. The smallest absolute Gasteiger partial charge is 0.283 e. The summed E-state index contributed by atoms with van der Waals surface area (Å²) in [4.78, 5) is 23.8. The normalized spacial score (nSPS) is 10.1. The van der Waals surface area contributed by atoms with Gasteiger partial charge in [-0.3, -0.25) is 14.9 Å². The SMILES string of the molecule is CCN(CC)C(=O)c1ccc(Cl)cc1[N+](=O)[O-]. The van der Waals surface area contributed by atoms with E-state index in [-0.39, 0.29) is 22.2 Å². The lowest BCUT2D eigenvalue weighted by molar-refractivity contribution is -0.385. The van der Waals surface area contributed by atoms with Crippen LogP contribution in [0, 0.1) is 10.1 Å². The number of amides is 1. The van der Waals surface area contributed by atoms with Crippen LogP contribution in [0.5, 0.6) is 0 Å². The molecule has 0 saturated heterocycles. The molecule has 1 rings (SSSR count). The monoisotopic (exact) mass is 256 g/mol. The van der Waals surface area contributed by atoms with Gasteiger partial charge in [0.05, 0.1) is 4.92 Å². The largest absolute Gasteiger partial charge is 0.339 e. The molecule has 5 nitrogen and oxygen atoms in total. The number of carbonyl (C=O) groups is 1. The maximum Gasteiger partial charge on any atom is 0.283 e. The van der Waals surface area contributed by atoms with Crippen LogP contribution in [0.4, 0.5) is 5.69 Å². The number of nitro groups is 1. The van der Waals surface area contributed by atoms with Crippen molar-refractivity contribution in [1.82, 2.24) is 4.90 Å². The zero-order valence-corrected chi connectivity index (χ0v) is 10.4. The number of carbonyl (C=O) groups excluding carboxylic acids is 1. The number of hydrogen-bond donors (Lipinski definition) is 0. The summed E-state index contributed by atoms with van der Waals surface area (Å²) in [7, 11) is 0. The van der Waals surface area contributed by atoms with Gasteiger partial charge in [0.15, 0.2) is 0 Å². The topological polar surface area (TPSA) is 63.5 Å². The summed E-state index contributed by atoms with van der Waals surface area (Å²) in [6.07, 6.45) is 0. The van der Waals surface area contributed by atoms with E-state index in [1.807, 2.05) is 13.8 Å². The minimum absolute atomic E-state index is 0.0723. The fourth-order valence-corrected chi connectivity index (χ4v) is 1.68. The number of nitro benzene ring substituents is 1. The number of benzene rings is 1. The molecule has 0 unspecified atom stereocenters. The Balaban J connectivity index is 3.21. The molecule has 6 heteroatoms. The van der Waals surface area contributed by atoms with E-state index in [0.717, 1.165) is 0 Å². The van der Waals surface area contributed by atoms with Crippen molar-refractivity contribution in [2.45, 2.75) is 13.8 Å². The van der Waals surface area contributed by atoms with E-state index in [0.29, 0.717) is 13.1 Å². The number of hydrogen-bond acceptors (Lipinski definition) is 3. The maximum absolute atomic E-state index is 12.0. The van der Waals surface area contributed by atoms with E-state index < -0.39 is 4.92 Å². The van der Waals surface area contributed by atoms with Crippen molar-refractivity contribution in [3.05, 3.63) is 38.9 Å². The summed E-state index contributed by atoms with van der Waals surface area (Å²) in [5.41, 5.74) is -0.183. The first-order valence-electron chi connectivity index (χ1n) is 5.24. The molecule has 0 heterocycles. The van der Waals surface area contributed by atoms with Crippen molar-refractivity contribution in [3.63, 3.8) is 0 Å². The highest BCUT2D eigenvalue weighted by Crippen LogP contribution is 2.24. The van der Waals surface area contributed by atoms with Gasteiger partial charge in [-0.25, -0.2) is 0 Å². The Bertz CT molecular complexity index is 444. The van der Waals surface area contributed by atoms with Crippen molar-refractivity contribution in [1.29, 1.82) is 0 Å². The molecule has 1 aromatic carbocycles. The number of halogens is 1. The van der Waals surface area contributed by atoms with Crippen LogP contribution in [-0.2, 0) is 0 Å². The van der Waals surface area contributed by atoms with E-state index >= 15 is 0 Å². The molecule has 1 aromatic rings. The molecular weight excluding hydrogens is 244 g/mol. The summed E-state index contributed by atoms with van der Waals surface area (Å²) in [6.45, 7) is 4.66. The lowest BCUT2D eigenvalue weighted by Gasteiger charge is -2.18. The van der Waals surface area contributed by atoms with Gasteiger partial charge in [0.2, 0.25) is 0 Å². The number of rotatable bonds is 4. The first-order chi connectivity index (χ1) is 8.01. The molecule has 0 fully saturated rings. The molecule has 0 radical (unpaired) electrons. The van der Waals surface area contributed by atoms with Crippen LogP contribution in [0.15, 0.2) is 18.2 Å². The van der Waals surface area contributed by atoms with Gasteiger partial charge in [-0.1, -0.05) is 11.6 Å². The van der Waals surface area contributed by atoms with Gasteiger partial charge in [-0.2, -0.15) is 0 Å². The summed E-state index contributed by atoms with van der Waals surface area (Å²) in [6, 6.07) is 4.06. The van der Waals surface area contributed by atoms with Crippen LogP contribution >= 0.6 is 11.6 Å². The highest BCUT2D eigenvalue weighted by molar-refractivity contribution is 6.31. The van der Waals surface area contributed by atoms with Gasteiger partial charge in [0.1, 0.15) is 5.56 Å². The van der Waals surface area contributed by atoms with E-state index in [4.69, 9.17) is 11.6 Å². The highest BCUT2D eigenvalue weighted by Gasteiger charge is 2.23. The van der Waals surface area contributed by atoms with Crippen molar-refractivity contribution in [3.8, 4) is 0 Å². The molecule has 92 valence electrons. The molecule has 0 aliphatic carbocycles. The summed E-state index contributed by atoms with van der Waals surface area (Å²) in [5, 5.41) is 11.1. The highest BCUT2D eigenvalue weighted by atomic mass is 35.5. The lowest BCUT2D eigenvalue weighted by atomic mass is 10.1. The third kappa shape index (κ3) is 2.94. The summed E-state index contributed by atoms with van der Waals surface area (Å²) >= 11 is 5.68. The van der Waals surface area contributed by atoms with Crippen molar-refractivity contribution >= 4 is 23.2 Å². The van der Waals surface area contributed by atoms with Gasteiger partial charge in [0, 0.05) is 24.2 Å². The Hall–Kier alpha value is -1.62. The van der Waals surface area contributed by atoms with Crippen LogP contribution in [0.25, 0.3) is 0 Å². The van der Waals surface area contributed by atoms with Crippen LogP contribution in [0.3, 0.4) is 0 Å².